The van der Waals surface area contributed by atoms with Crippen molar-refractivity contribution in [1.29, 1.82) is 0 Å². The Morgan fingerprint density at radius 3 is 2.87 bits per heavy atom. The van der Waals surface area contributed by atoms with Crippen LogP contribution in [0.25, 0.3) is 0 Å². The van der Waals surface area contributed by atoms with Crippen molar-refractivity contribution in [2.45, 2.75) is 45.7 Å². The van der Waals surface area contributed by atoms with Crippen LogP contribution in [-0.2, 0) is 6.54 Å². The molecule has 1 saturated carbocycles. The van der Waals surface area contributed by atoms with Crippen LogP contribution >= 0.6 is 0 Å². The van der Waals surface area contributed by atoms with E-state index in [-0.39, 0.29) is 0 Å². The van der Waals surface area contributed by atoms with Crippen LogP contribution in [0.4, 0.5) is 0 Å². The molecule has 0 spiro atoms. The van der Waals surface area contributed by atoms with Crippen LogP contribution in [0.2, 0.25) is 0 Å². The van der Waals surface area contributed by atoms with Crippen molar-refractivity contribution in [1.82, 2.24) is 25.5 Å². The van der Waals surface area contributed by atoms with E-state index in [2.05, 4.69) is 34.7 Å². The maximum atomic E-state index is 4.06. The maximum absolute atomic E-state index is 4.06. The largest absolute Gasteiger partial charge is 0.310 e. The minimum atomic E-state index is 0.552. The lowest BCUT2D eigenvalue weighted by atomic mass is 9.93. The average molecular weight is 209 g/mol. The fraction of sp³-hybridized carbons (Fsp3) is 0.900. The minimum absolute atomic E-state index is 0.552. The smallest absolute Gasteiger partial charge is 0.165 e. The van der Waals surface area contributed by atoms with Crippen molar-refractivity contribution in [3.8, 4) is 0 Å². The third-order valence-corrected chi connectivity index (χ3v) is 2.82. The summed E-state index contributed by atoms with van der Waals surface area (Å²) in [5, 5.41) is 15.2. The first-order valence-electron chi connectivity index (χ1n) is 5.75. The lowest BCUT2D eigenvalue weighted by Gasteiger charge is -2.25. The molecule has 0 saturated heterocycles. The van der Waals surface area contributed by atoms with Gasteiger partial charge in [-0.3, -0.25) is 0 Å². The summed E-state index contributed by atoms with van der Waals surface area (Å²) in [7, 11) is 0. The van der Waals surface area contributed by atoms with Crippen LogP contribution < -0.4 is 5.32 Å². The lowest BCUT2D eigenvalue weighted by Crippen LogP contribution is -2.25. The van der Waals surface area contributed by atoms with Gasteiger partial charge in [-0.05, 0) is 42.2 Å². The highest BCUT2D eigenvalue weighted by Crippen LogP contribution is 2.30. The van der Waals surface area contributed by atoms with Crippen LogP contribution in [0.3, 0.4) is 0 Å². The third kappa shape index (κ3) is 2.53. The predicted octanol–water partition coefficient (Wildman–Crippen LogP) is 1.14. The van der Waals surface area contributed by atoms with E-state index >= 15 is 0 Å². The molecule has 1 aromatic rings. The second-order valence-electron chi connectivity index (χ2n) is 4.65. The molecule has 0 radical (unpaired) electrons. The molecule has 0 amide bonds. The molecule has 0 aromatic carbocycles. The predicted molar refractivity (Wildman–Crippen MR) is 57.2 cm³/mol. The van der Waals surface area contributed by atoms with Crippen molar-refractivity contribution in [3.05, 3.63) is 5.82 Å². The molecule has 2 rings (SSSR count). The molecular weight excluding hydrogens is 190 g/mol. The molecule has 1 aliphatic carbocycles. The highest BCUT2D eigenvalue weighted by atomic mass is 15.6. The number of hydrogen-bond acceptors (Lipinski definition) is 4. The van der Waals surface area contributed by atoms with Gasteiger partial charge in [-0.25, -0.2) is 4.68 Å². The van der Waals surface area contributed by atoms with Gasteiger partial charge in [0, 0.05) is 0 Å². The van der Waals surface area contributed by atoms with E-state index in [9.17, 15) is 0 Å². The molecule has 0 bridgehead atoms. The van der Waals surface area contributed by atoms with E-state index in [1.165, 1.54) is 19.3 Å². The third-order valence-electron chi connectivity index (χ3n) is 2.82. The summed E-state index contributed by atoms with van der Waals surface area (Å²) < 4.78 is 1.98. The van der Waals surface area contributed by atoms with Gasteiger partial charge in [0.2, 0.25) is 0 Å². The number of nitrogens with zero attached hydrogens (tertiary/aromatic N) is 4. The number of hydrogen-bond donors (Lipinski definition) is 1. The van der Waals surface area contributed by atoms with Gasteiger partial charge >= 0.3 is 0 Å². The van der Waals surface area contributed by atoms with Crippen LogP contribution in [0, 0.1) is 5.92 Å². The molecule has 0 unspecified atom stereocenters. The Bertz CT molecular complexity index is 303. The monoisotopic (exact) mass is 209 g/mol. The first-order chi connectivity index (χ1) is 7.27. The summed E-state index contributed by atoms with van der Waals surface area (Å²) in [6.07, 6.45) is 3.76. The van der Waals surface area contributed by atoms with Crippen LogP contribution in [0.1, 0.15) is 45.0 Å². The Morgan fingerprint density at radius 2 is 2.27 bits per heavy atom. The Morgan fingerprint density at radius 1 is 1.47 bits per heavy atom. The summed E-state index contributed by atoms with van der Waals surface area (Å²) in [6.45, 7) is 6.18. The average Bonchev–Trinajstić information content (AvgIpc) is 2.50. The highest BCUT2D eigenvalue weighted by molar-refractivity contribution is 4.87. The Kier molecular flexibility index (Phi) is 3.30. The van der Waals surface area contributed by atoms with Crippen LogP contribution in [0.15, 0.2) is 0 Å². The Labute approximate surface area is 90.2 Å². The van der Waals surface area contributed by atoms with Crippen molar-refractivity contribution >= 4 is 0 Å². The molecule has 1 N–H and O–H groups in total. The van der Waals surface area contributed by atoms with Gasteiger partial charge < -0.3 is 5.32 Å². The molecule has 1 heterocycles. The molecule has 15 heavy (non-hydrogen) atoms. The second kappa shape index (κ2) is 4.70. The number of nitrogens with one attached hydrogen (secondary N) is 1. The quantitative estimate of drug-likeness (QED) is 0.790. The summed E-state index contributed by atoms with van der Waals surface area (Å²) in [5.41, 5.74) is 0. The lowest BCUT2D eigenvalue weighted by molar-refractivity contribution is 0.275. The molecule has 0 aliphatic heterocycles. The molecule has 5 heteroatoms. The number of aromatic nitrogens is 4. The standard InChI is InChI=1S/C10H19N5/c1-8(2)6-11-7-10-12-13-14-15(10)9-4-3-5-9/h8-9,11H,3-7H2,1-2H3. The van der Waals surface area contributed by atoms with E-state index in [0.717, 1.165) is 18.9 Å². The van der Waals surface area contributed by atoms with Crippen molar-refractivity contribution in [3.63, 3.8) is 0 Å². The zero-order valence-corrected chi connectivity index (χ0v) is 9.48. The van der Waals surface area contributed by atoms with Crippen LogP contribution in [-0.4, -0.2) is 26.8 Å². The summed E-state index contributed by atoms with van der Waals surface area (Å²) >= 11 is 0. The fourth-order valence-corrected chi connectivity index (χ4v) is 1.72. The van der Waals surface area contributed by atoms with E-state index in [1.807, 2.05) is 4.68 Å². The summed E-state index contributed by atoms with van der Waals surface area (Å²) in [4.78, 5) is 0. The molecule has 84 valence electrons. The van der Waals surface area contributed by atoms with Crippen molar-refractivity contribution < 1.29 is 0 Å². The van der Waals surface area contributed by atoms with Gasteiger partial charge in [-0.1, -0.05) is 13.8 Å². The molecule has 5 nitrogen and oxygen atoms in total. The molecule has 0 atom stereocenters. The van der Waals surface area contributed by atoms with Gasteiger partial charge in [0.15, 0.2) is 5.82 Å². The van der Waals surface area contributed by atoms with Gasteiger partial charge in [0.05, 0.1) is 12.6 Å². The zero-order valence-electron chi connectivity index (χ0n) is 9.48. The number of rotatable bonds is 5. The van der Waals surface area contributed by atoms with Crippen LogP contribution in [0.5, 0.6) is 0 Å². The van der Waals surface area contributed by atoms with Gasteiger partial charge in [0.1, 0.15) is 0 Å². The van der Waals surface area contributed by atoms with Crippen molar-refractivity contribution in [2.75, 3.05) is 6.54 Å². The van der Waals surface area contributed by atoms with Gasteiger partial charge in [-0.15, -0.1) is 5.10 Å². The SMILES string of the molecule is CC(C)CNCc1nnnn1C1CCC1. The Hall–Kier alpha value is -0.970. The highest BCUT2D eigenvalue weighted by Gasteiger charge is 2.23. The summed E-state index contributed by atoms with van der Waals surface area (Å²) in [5.74, 6) is 1.64. The van der Waals surface area contributed by atoms with Gasteiger partial charge in [-0.2, -0.15) is 0 Å². The maximum Gasteiger partial charge on any atom is 0.165 e. The summed E-state index contributed by atoms with van der Waals surface area (Å²) in [6, 6.07) is 0.552. The topological polar surface area (TPSA) is 55.6 Å². The number of tetrazole rings is 1. The second-order valence-corrected chi connectivity index (χ2v) is 4.65. The molecule has 1 aromatic heterocycles. The van der Waals surface area contributed by atoms with E-state index in [4.69, 9.17) is 0 Å². The minimum Gasteiger partial charge on any atom is -0.310 e. The van der Waals surface area contributed by atoms with E-state index in [0.29, 0.717) is 12.0 Å². The van der Waals surface area contributed by atoms with E-state index in [1.54, 1.807) is 0 Å². The molecule has 1 aliphatic rings. The molecule has 1 fully saturated rings. The van der Waals surface area contributed by atoms with Gasteiger partial charge in [0.25, 0.3) is 0 Å². The van der Waals surface area contributed by atoms with Crippen molar-refractivity contribution in [2.24, 2.45) is 5.92 Å². The molecular formula is C10H19N5. The first-order valence-corrected chi connectivity index (χ1v) is 5.75. The first kappa shape index (κ1) is 10.5. The fourth-order valence-electron chi connectivity index (χ4n) is 1.72. The van der Waals surface area contributed by atoms with E-state index < -0.39 is 0 Å². The normalized spacial score (nSPS) is 17.0. The zero-order chi connectivity index (χ0) is 10.7. The Balaban J connectivity index is 1.87.